The SMILES string of the molecule is CCC[SiH2]CCCS(=O)(=O)c1ccc(N2CCCC2)cc1. The van der Waals surface area contributed by atoms with Gasteiger partial charge in [0.25, 0.3) is 0 Å². The summed E-state index contributed by atoms with van der Waals surface area (Å²) >= 11 is 0. The molecule has 0 amide bonds. The van der Waals surface area contributed by atoms with Crippen molar-refractivity contribution in [2.45, 2.75) is 49.6 Å². The number of benzene rings is 1. The van der Waals surface area contributed by atoms with Gasteiger partial charge in [-0.05, 0) is 43.5 Å². The highest BCUT2D eigenvalue weighted by atomic mass is 32.2. The minimum absolute atomic E-state index is 0.0253. The Hall–Kier alpha value is -0.813. The van der Waals surface area contributed by atoms with E-state index >= 15 is 0 Å². The fraction of sp³-hybridized carbons (Fsp3) is 0.625. The molecule has 2 rings (SSSR count). The molecule has 0 spiro atoms. The third kappa shape index (κ3) is 4.85. The van der Waals surface area contributed by atoms with Crippen LogP contribution in [0.2, 0.25) is 12.1 Å². The summed E-state index contributed by atoms with van der Waals surface area (Å²) in [5.74, 6) is 0.312. The molecule has 5 heteroatoms. The molecular formula is C16H27NO2SSi. The Morgan fingerprint density at radius 2 is 1.76 bits per heavy atom. The summed E-state index contributed by atoms with van der Waals surface area (Å²) in [6.45, 7) is 4.38. The topological polar surface area (TPSA) is 37.4 Å². The molecule has 1 aromatic rings. The number of sulfone groups is 1. The number of rotatable bonds is 8. The summed E-state index contributed by atoms with van der Waals surface area (Å²) in [6.07, 6.45) is 4.56. The predicted octanol–water partition coefficient (Wildman–Crippen LogP) is 2.87. The normalized spacial score (nSPS) is 16.1. The van der Waals surface area contributed by atoms with Crippen molar-refractivity contribution in [3.05, 3.63) is 24.3 Å². The molecule has 1 aromatic carbocycles. The Labute approximate surface area is 131 Å². The van der Waals surface area contributed by atoms with Crippen molar-refractivity contribution in [3.8, 4) is 0 Å². The minimum atomic E-state index is -3.08. The second-order valence-corrected chi connectivity index (χ2v) is 10.2. The molecule has 3 nitrogen and oxygen atoms in total. The number of nitrogens with zero attached hydrogens (tertiary/aromatic N) is 1. The Morgan fingerprint density at radius 1 is 1.10 bits per heavy atom. The van der Waals surface area contributed by atoms with Crippen molar-refractivity contribution in [1.29, 1.82) is 0 Å². The van der Waals surface area contributed by atoms with Gasteiger partial charge in [0.15, 0.2) is 9.84 Å². The van der Waals surface area contributed by atoms with Crippen LogP contribution in [-0.4, -0.2) is 36.8 Å². The molecule has 0 bridgehead atoms. The highest BCUT2D eigenvalue weighted by molar-refractivity contribution is 7.91. The Balaban J connectivity index is 1.90. The van der Waals surface area contributed by atoms with Gasteiger partial charge in [-0.1, -0.05) is 25.4 Å². The van der Waals surface area contributed by atoms with Crippen LogP contribution in [0, 0.1) is 0 Å². The fourth-order valence-electron chi connectivity index (χ4n) is 2.85. The summed E-state index contributed by atoms with van der Waals surface area (Å²) in [6, 6.07) is 9.98. The van der Waals surface area contributed by atoms with E-state index in [-0.39, 0.29) is 9.52 Å². The maximum absolute atomic E-state index is 12.3. The molecule has 0 atom stereocenters. The van der Waals surface area contributed by atoms with Crippen LogP contribution in [0.4, 0.5) is 5.69 Å². The van der Waals surface area contributed by atoms with Crippen molar-refractivity contribution in [3.63, 3.8) is 0 Å². The first-order chi connectivity index (χ1) is 10.1. The van der Waals surface area contributed by atoms with Crippen molar-refractivity contribution in [1.82, 2.24) is 0 Å². The molecule has 1 saturated heterocycles. The third-order valence-corrected chi connectivity index (χ3v) is 8.21. The van der Waals surface area contributed by atoms with E-state index < -0.39 is 9.84 Å². The van der Waals surface area contributed by atoms with Crippen molar-refractivity contribution in [2.24, 2.45) is 0 Å². The molecular weight excluding hydrogens is 298 g/mol. The minimum Gasteiger partial charge on any atom is -0.372 e. The van der Waals surface area contributed by atoms with Gasteiger partial charge in [-0.25, -0.2) is 8.42 Å². The van der Waals surface area contributed by atoms with Crippen LogP contribution in [0.15, 0.2) is 29.2 Å². The van der Waals surface area contributed by atoms with Gasteiger partial charge < -0.3 is 4.90 Å². The summed E-state index contributed by atoms with van der Waals surface area (Å²) in [7, 11) is -3.11. The number of hydrogen-bond acceptors (Lipinski definition) is 3. The van der Waals surface area contributed by atoms with Crippen molar-refractivity contribution >= 4 is 25.0 Å². The van der Waals surface area contributed by atoms with Crippen LogP contribution < -0.4 is 4.90 Å². The Morgan fingerprint density at radius 3 is 2.38 bits per heavy atom. The lowest BCUT2D eigenvalue weighted by Crippen LogP contribution is -2.17. The maximum Gasteiger partial charge on any atom is 0.178 e. The fourth-order valence-corrected chi connectivity index (χ4v) is 6.04. The predicted molar refractivity (Wildman–Crippen MR) is 93.0 cm³/mol. The second-order valence-electron chi connectivity index (χ2n) is 5.92. The van der Waals surface area contributed by atoms with Crippen LogP contribution >= 0.6 is 0 Å². The number of hydrogen-bond donors (Lipinski definition) is 0. The molecule has 0 aromatic heterocycles. The first-order valence-electron chi connectivity index (χ1n) is 8.21. The molecule has 0 unspecified atom stereocenters. The lowest BCUT2D eigenvalue weighted by Gasteiger charge is -2.17. The summed E-state index contributed by atoms with van der Waals surface area (Å²) in [4.78, 5) is 2.81. The molecule has 0 saturated carbocycles. The molecule has 1 aliphatic heterocycles. The standard InChI is InChI=1S/C16H27NO2SSi/c1-2-13-21-14-5-12-20(18,19)16-8-6-15(7-9-16)17-10-3-4-11-17/h6-9H,2-5,10-14,21H2,1H3. The summed E-state index contributed by atoms with van der Waals surface area (Å²) < 4.78 is 24.6. The summed E-state index contributed by atoms with van der Waals surface area (Å²) in [5.41, 5.74) is 1.15. The lowest BCUT2D eigenvalue weighted by atomic mass is 10.3. The maximum atomic E-state index is 12.3. The zero-order valence-corrected chi connectivity index (χ0v) is 15.3. The molecule has 1 heterocycles. The Bertz CT molecular complexity index is 522. The van der Waals surface area contributed by atoms with Crippen LogP contribution in [0.1, 0.15) is 32.6 Å². The molecule has 1 fully saturated rings. The Kier molecular flexibility index (Phi) is 6.30. The molecule has 0 radical (unpaired) electrons. The smallest absolute Gasteiger partial charge is 0.178 e. The van der Waals surface area contributed by atoms with Crippen LogP contribution in [0.25, 0.3) is 0 Å². The van der Waals surface area contributed by atoms with Gasteiger partial charge in [0, 0.05) is 28.3 Å². The van der Waals surface area contributed by atoms with Crippen LogP contribution in [0.3, 0.4) is 0 Å². The van der Waals surface area contributed by atoms with Gasteiger partial charge >= 0.3 is 0 Å². The van der Waals surface area contributed by atoms with E-state index in [9.17, 15) is 8.42 Å². The van der Waals surface area contributed by atoms with E-state index in [1.165, 1.54) is 25.3 Å². The second kappa shape index (κ2) is 7.99. The van der Waals surface area contributed by atoms with Gasteiger partial charge in [0.05, 0.1) is 10.6 Å². The molecule has 0 aliphatic carbocycles. The molecule has 0 N–H and O–H groups in total. The quantitative estimate of drug-likeness (QED) is 0.545. The highest BCUT2D eigenvalue weighted by Crippen LogP contribution is 2.22. The average Bonchev–Trinajstić information content (AvgIpc) is 3.01. The zero-order valence-electron chi connectivity index (χ0n) is 13.1. The lowest BCUT2D eigenvalue weighted by molar-refractivity contribution is 0.594. The zero-order chi connectivity index (χ0) is 15.1. The van der Waals surface area contributed by atoms with Gasteiger partial charge in [-0.3, -0.25) is 0 Å². The van der Waals surface area contributed by atoms with Gasteiger partial charge in [-0.15, -0.1) is 0 Å². The molecule has 21 heavy (non-hydrogen) atoms. The highest BCUT2D eigenvalue weighted by Gasteiger charge is 2.16. The summed E-state index contributed by atoms with van der Waals surface area (Å²) in [5, 5.41) is 0. The van der Waals surface area contributed by atoms with E-state index in [4.69, 9.17) is 0 Å². The number of anilines is 1. The van der Waals surface area contributed by atoms with Gasteiger partial charge in [-0.2, -0.15) is 0 Å². The monoisotopic (exact) mass is 325 g/mol. The molecule has 118 valence electrons. The third-order valence-electron chi connectivity index (χ3n) is 4.18. The van der Waals surface area contributed by atoms with Gasteiger partial charge in [0.1, 0.15) is 0 Å². The largest absolute Gasteiger partial charge is 0.372 e. The van der Waals surface area contributed by atoms with E-state index in [2.05, 4.69) is 11.8 Å². The van der Waals surface area contributed by atoms with Crippen molar-refractivity contribution in [2.75, 3.05) is 23.7 Å². The van der Waals surface area contributed by atoms with Gasteiger partial charge in [0.2, 0.25) is 0 Å². The van der Waals surface area contributed by atoms with E-state index in [1.807, 2.05) is 12.1 Å². The first kappa shape index (κ1) is 16.6. The molecule has 1 aliphatic rings. The van der Waals surface area contributed by atoms with E-state index in [0.29, 0.717) is 10.6 Å². The van der Waals surface area contributed by atoms with E-state index in [1.54, 1.807) is 12.1 Å². The first-order valence-corrected chi connectivity index (χ1v) is 11.9. The van der Waals surface area contributed by atoms with Crippen LogP contribution in [0.5, 0.6) is 0 Å². The van der Waals surface area contributed by atoms with Crippen LogP contribution in [-0.2, 0) is 9.84 Å². The van der Waals surface area contributed by atoms with E-state index in [0.717, 1.165) is 31.2 Å². The van der Waals surface area contributed by atoms with Crippen molar-refractivity contribution < 1.29 is 8.42 Å². The average molecular weight is 326 g/mol.